The summed E-state index contributed by atoms with van der Waals surface area (Å²) < 4.78 is 4.58. The first-order chi connectivity index (χ1) is 24.8. The molecule has 230 valence electrons. The van der Waals surface area contributed by atoms with Gasteiger partial charge in [0.2, 0.25) is 0 Å². The van der Waals surface area contributed by atoms with Crippen LogP contribution in [0.4, 0.5) is 0 Å². The van der Waals surface area contributed by atoms with E-state index >= 15 is 0 Å². The quantitative estimate of drug-likeness (QED) is 0.169. The van der Waals surface area contributed by atoms with E-state index in [4.69, 9.17) is 15.0 Å². The minimum atomic E-state index is 0.842. The average Bonchev–Trinajstić information content (AvgIpc) is 3.77. The smallest absolute Gasteiger partial charge is 0.164 e. The molecule has 0 N–H and O–H groups in total. The summed E-state index contributed by atoms with van der Waals surface area (Å²) in [6.45, 7) is 0. The lowest BCUT2D eigenvalue weighted by molar-refractivity contribution is 1.18. The van der Waals surface area contributed by atoms with Gasteiger partial charge in [0.25, 0.3) is 0 Å². The third-order valence-corrected chi connectivity index (χ3v) is 10.7. The maximum Gasteiger partial charge on any atom is 0.164 e. The van der Waals surface area contributed by atoms with Crippen LogP contribution in [0.15, 0.2) is 152 Å². The van der Waals surface area contributed by atoms with E-state index in [-0.39, 0.29) is 0 Å². The Kier molecular flexibility index (Phi) is 4.91. The molecule has 0 bridgehead atoms. The first-order valence-corrected chi connectivity index (χ1v) is 16.9. The lowest BCUT2D eigenvalue weighted by Gasteiger charge is -2.12. The van der Waals surface area contributed by atoms with Crippen molar-refractivity contribution in [2.24, 2.45) is 0 Å². The number of aromatic nitrogens is 5. The minimum absolute atomic E-state index is 0.842. The highest BCUT2D eigenvalue weighted by Crippen LogP contribution is 2.41. The van der Waals surface area contributed by atoms with Gasteiger partial charge in [0.1, 0.15) is 5.52 Å². The van der Waals surface area contributed by atoms with Gasteiger partial charge in [0.15, 0.2) is 5.65 Å². The van der Waals surface area contributed by atoms with Crippen molar-refractivity contribution in [2.75, 3.05) is 0 Å². The summed E-state index contributed by atoms with van der Waals surface area (Å²) in [4.78, 5) is 15.5. The Morgan fingerprint density at radius 1 is 0.440 bits per heavy atom. The summed E-state index contributed by atoms with van der Waals surface area (Å²) in [7, 11) is 0. The van der Waals surface area contributed by atoms with E-state index in [0.29, 0.717) is 0 Å². The lowest BCUT2D eigenvalue weighted by atomic mass is 9.98. The van der Waals surface area contributed by atoms with Crippen molar-refractivity contribution in [2.45, 2.75) is 0 Å². The van der Waals surface area contributed by atoms with E-state index in [2.05, 4.69) is 143 Å². The van der Waals surface area contributed by atoms with E-state index < -0.39 is 0 Å². The number of hydrogen-bond donors (Lipinski definition) is 0. The monoisotopic (exact) mass is 635 g/mol. The van der Waals surface area contributed by atoms with Crippen LogP contribution in [-0.4, -0.2) is 23.8 Å². The van der Waals surface area contributed by atoms with E-state index in [9.17, 15) is 0 Å². The average molecular weight is 636 g/mol. The zero-order chi connectivity index (χ0) is 32.5. The molecule has 5 heteroatoms. The lowest BCUT2D eigenvalue weighted by Crippen LogP contribution is -1.97. The molecule has 12 rings (SSSR count). The van der Waals surface area contributed by atoms with E-state index in [1.54, 1.807) is 0 Å². The topological polar surface area (TPSA) is 47.5 Å². The van der Waals surface area contributed by atoms with Gasteiger partial charge in [-0.25, -0.2) is 4.98 Å². The number of pyridine rings is 3. The van der Waals surface area contributed by atoms with Gasteiger partial charge in [-0.2, -0.15) is 0 Å². The van der Waals surface area contributed by atoms with Gasteiger partial charge in [0, 0.05) is 67.2 Å². The Morgan fingerprint density at radius 2 is 1.06 bits per heavy atom. The van der Waals surface area contributed by atoms with E-state index in [0.717, 1.165) is 44.2 Å². The predicted molar refractivity (Wildman–Crippen MR) is 207 cm³/mol. The van der Waals surface area contributed by atoms with Gasteiger partial charge in [-0.1, -0.05) is 109 Å². The summed E-state index contributed by atoms with van der Waals surface area (Å²) in [5.41, 5.74) is 8.07. The molecule has 0 aliphatic carbocycles. The molecule has 12 aromatic rings. The third-order valence-electron chi connectivity index (χ3n) is 10.7. The second-order valence-electron chi connectivity index (χ2n) is 13.3. The highest BCUT2D eigenvalue weighted by Gasteiger charge is 2.19. The number of rotatable bonds is 1. The molecule has 5 nitrogen and oxygen atoms in total. The van der Waals surface area contributed by atoms with Gasteiger partial charge in [-0.05, 0) is 39.7 Å². The van der Waals surface area contributed by atoms with Crippen molar-refractivity contribution >= 4 is 97.9 Å². The Bertz CT molecular complexity index is 3440. The van der Waals surface area contributed by atoms with Crippen LogP contribution in [0, 0.1) is 0 Å². The third kappa shape index (κ3) is 3.33. The summed E-state index contributed by atoms with van der Waals surface area (Å²) in [6.07, 6.45) is 8.29. The second-order valence-corrected chi connectivity index (χ2v) is 13.3. The number of benzene rings is 6. The van der Waals surface area contributed by atoms with Crippen molar-refractivity contribution in [3.8, 4) is 11.3 Å². The Balaban J connectivity index is 1.19. The zero-order valence-corrected chi connectivity index (χ0v) is 26.7. The fourth-order valence-electron chi connectivity index (χ4n) is 8.52. The SMILES string of the molecule is c1ccc2c(c1)ccc1c3ncccc3n3cc4ccc(-c5cnc6c7ccc8ccccc8c7c7c8ccccc8cn7c6n5)cc4c3c21. The molecule has 0 radical (unpaired) electrons. The van der Waals surface area contributed by atoms with Crippen molar-refractivity contribution in [1.82, 2.24) is 23.8 Å². The summed E-state index contributed by atoms with van der Waals surface area (Å²) in [5, 5.41) is 14.3. The number of hydrogen-bond acceptors (Lipinski definition) is 3. The van der Waals surface area contributed by atoms with Crippen LogP contribution in [0.3, 0.4) is 0 Å². The molecule has 0 aliphatic rings. The Hall–Kier alpha value is -6.85. The predicted octanol–water partition coefficient (Wildman–Crippen LogP) is 11.3. The fourth-order valence-corrected chi connectivity index (χ4v) is 8.52. The highest BCUT2D eigenvalue weighted by molar-refractivity contribution is 6.28. The van der Waals surface area contributed by atoms with Crippen molar-refractivity contribution in [1.29, 1.82) is 0 Å². The van der Waals surface area contributed by atoms with Crippen LogP contribution >= 0.6 is 0 Å². The summed E-state index contributed by atoms with van der Waals surface area (Å²) in [6, 6.07) is 45.6. The molecule has 6 aromatic carbocycles. The second kappa shape index (κ2) is 9.40. The van der Waals surface area contributed by atoms with Crippen LogP contribution in [0.5, 0.6) is 0 Å². The molecule has 0 amide bonds. The molecule has 0 aliphatic heterocycles. The number of nitrogens with zero attached hydrogens (tertiary/aromatic N) is 5. The molecule has 0 saturated carbocycles. The van der Waals surface area contributed by atoms with Gasteiger partial charge in [0.05, 0.1) is 34.0 Å². The van der Waals surface area contributed by atoms with Crippen LogP contribution in [0.2, 0.25) is 0 Å². The normalized spacial score (nSPS) is 12.4. The molecule has 0 spiro atoms. The van der Waals surface area contributed by atoms with Crippen molar-refractivity contribution in [3.63, 3.8) is 0 Å². The largest absolute Gasteiger partial charge is 0.313 e. The fraction of sp³-hybridized carbons (Fsp3) is 0. The van der Waals surface area contributed by atoms with Crippen LogP contribution in [0.1, 0.15) is 0 Å². The van der Waals surface area contributed by atoms with Gasteiger partial charge in [-0.15, -0.1) is 0 Å². The van der Waals surface area contributed by atoms with Crippen LogP contribution in [0.25, 0.3) is 109 Å². The Morgan fingerprint density at radius 3 is 1.84 bits per heavy atom. The van der Waals surface area contributed by atoms with Gasteiger partial charge in [-0.3, -0.25) is 14.4 Å². The number of fused-ring (bicyclic) bond motifs is 20. The molecule has 0 atom stereocenters. The molecule has 0 unspecified atom stereocenters. The van der Waals surface area contributed by atoms with Crippen LogP contribution in [-0.2, 0) is 0 Å². The molecular formula is C45H25N5. The van der Waals surface area contributed by atoms with Gasteiger partial charge < -0.3 is 4.40 Å². The first-order valence-electron chi connectivity index (χ1n) is 16.9. The maximum atomic E-state index is 5.42. The summed E-state index contributed by atoms with van der Waals surface area (Å²) in [5.74, 6) is 0. The molecule has 6 heterocycles. The van der Waals surface area contributed by atoms with Crippen LogP contribution < -0.4 is 0 Å². The minimum Gasteiger partial charge on any atom is -0.313 e. The first kappa shape index (κ1) is 26.1. The highest BCUT2D eigenvalue weighted by atomic mass is 15.0. The van der Waals surface area contributed by atoms with E-state index in [1.165, 1.54) is 64.9 Å². The summed E-state index contributed by atoms with van der Waals surface area (Å²) >= 11 is 0. The van der Waals surface area contributed by atoms with Gasteiger partial charge >= 0.3 is 0 Å². The molecule has 0 saturated heterocycles. The zero-order valence-electron chi connectivity index (χ0n) is 26.7. The molecule has 50 heavy (non-hydrogen) atoms. The van der Waals surface area contributed by atoms with Crippen molar-refractivity contribution < 1.29 is 0 Å². The van der Waals surface area contributed by atoms with Crippen molar-refractivity contribution in [3.05, 3.63) is 152 Å². The maximum absolute atomic E-state index is 5.42. The van der Waals surface area contributed by atoms with E-state index in [1.807, 2.05) is 18.5 Å². The molecular weight excluding hydrogens is 611 g/mol. The molecule has 6 aromatic heterocycles. The standard InChI is InChI=1S/C45H25N5/c1-4-11-31-26(8-1)17-19-34-39(31)44-36-22-28(15-16-30(36)24-49(44)38-14-7-21-46-41(34)38)37-23-47-42-35-20-18-27-9-2-5-12-32(27)40(35)43-33-13-6-3-10-29(33)25-50(43)45(42)48-37/h1-25H. The molecule has 0 fully saturated rings. The Labute approximate surface area is 284 Å².